The smallest absolute Gasteiger partial charge is 0.374 e. The van der Waals surface area contributed by atoms with Crippen molar-refractivity contribution < 1.29 is 13.3 Å². The van der Waals surface area contributed by atoms with Crippen molar-refractivity contribution in [1.82, 2.24) is 5.32 Å². The van der Waals surface area contributed by atoms with Gasteiger partial charge in [-0.3, -0.25) is 5.32 Å². The molecule has 1 unspecified atom stereocenters. The van der Waals surface area contributed by atoms with Crippen LogP contribution in [0.3, 0.4) is 0 Å². The lowest BCUT2D eigenvalue weighted by molar-refractivity contribution is 0.0293. The van der Waals surface area contributed by atoms with E-state index in [9.17, 15) is 0 Å². The Kier molecular flexibility index (Phi) is 8.27. The van der Waals surface area contributed by atoms with Gasteiger partial charge in [0.05, 0.1) is 6.23 Å². The van der Waals surface area contributed by atoms with Gasteiger partial charge in [-0.15, -0.1) is 0 Å². The van der Waals surface area contributed by atoms with Crippen molar-refractivity contribution in [3.05, 3.63) is 0 Å². The standard InChI is InChI=1S/C10H25NO3Si/c1-6-9-15(12-7-2,13-8-3)14-10(4)11-5/h10-11H,6-9H2,1-5H3. The van der Waals surface area contributed by atoms with Gasteiger partial charge in [0.25, 0.3) is 0 Å². The summed E-state index contributed by atoms with van der Waals surface area (Å²) in [4.78, 5) is 0. The third-order valence-corrected chi connectivity index (χ3v) is 5.33. The van der Waals surface area contributed by atoms with E-state index in [0.29, 0.717) is 13.2 Å². The largest absolute Gasteiger partial charge is 0.502 e. The van der Waals surface area contributed by atoms with E-state index in [4.69, 9.17) is 13.3 Å². The van der Waals surface area contributed by atoms with Crippen molar-refractivity contribution >= 4 is 8.80 Å². The highest BCUT2D eigenvalue weighted by molar-refractivity contribution is 6.60. The molecule has 92 valence electrons. The number of nitrogens with one attached hydrogen (secondary N) is 1. The van der Waals surface area contributed by atoms with Crippen molar-refractivity contribution in [1.29, 1.82) is 0 Å². The van der Waals surface area contributed by atoms with E-state index in [1.54, 1.807) is 0 Å². The second kappa shape index (κ2) is 8.24. The Morgan fingerprint density at radius 3 is 2.00 bits per heavy atom. The number of hydrogen-bond donors (Lipinski definition) is 1. The lowest BCUT2D eigenvalue weighted by atomic mass is 10.6. The molecule has 0 aliphatic heterocycles. The molecule has 15 heavy (non-hydrogen) atoms. The Bertz CT molecular complexity index is 141. The van der Waals surface area contributed by atoms with Crippen LogP contribution in [0.2, 0.25) is 6.04 Å². The summed E-state index contributed by atoms with van der Waals surface area (Å²) in [6.45, 7) is 9.32. The lowest BCUT2D eigenvalue weighted by Gasteiger charge is -2.31. The summed E-state index contributed by atoms with van der Waals surface area (Å²) < 4.78 is 17.4. The van der Waals surface area contributed by atoms with Crippen LogP contribution < -0.4 is 5.32 Å². The van der Waals surface area contributed by atoms with Gasteiger partial charge in [0.1, 0.15) is 0 Å². The van der Waals surface area contributed by atoms with Crippen LogP contribution in [0.25, 0.3) is 0 Å². The van der Waals surface area contributed by atoms with Crippen LogP contribution in [0.5, 0.6) is 0 Å². The Morgan fingerprint density at radius 2 is 1.67 bits per heavy atom. The molecule has 4 nitrogen and oxygen atoms in total. The quantitative estimate of drug-likeness (QED) is 0.490. The summed E-state index contributed by atoms with van der Waals surface area (Å²) in [5.74, 6) is 0. The van der Waals surface area contributed by atoms with Gasteiger partial charge in [-0.2, -0.15) is 0 Å². The molecule has 1 N–H and O–H groups in total. The Labute approximate surface area is 94.7 Å². The van der Waals surface area contributed by atoms with Crippen LogP contribution in [-0.2, 0) is 13.3 Å². The topological polar surface area (TPSA) is 39.7 Å². The van der Waals surface area contributed by atoms with Gasteiger partial charge in [0.2, 0.25) is 0 Å². The fraction of sp³-hybridized carbons (Fsp3) is 1.00. The average Bonchev–Trinajstić information content (AvgIpc) is 2.18. The summed E-state index contributed by atoms with van der Waals surface area (Å²) in [5.41, 5.74) is 0. The molecule has 0 radical (unpaired) electrons. The maximum absolute atomic E-state index is 5.89. The predicted octanol–water partition coefficient (Wildman–Crippen LogP) is 1.99. The highest BCUT2D eigenvalue weighted by Gasteiger charge is 2.40. The van der Waals surface area contributed by atoms with E-state index in [0.717, 1.165) is 12.5 Å². The second-order valence-corrected chi connectivity index (χ2v) is 6.03. The Morgan fingerprint density at radius 1 is 1.13 bits per heavy atom. The van der Waals surface area contributed by atoms with Crippen molar-refractivity contribution in [3.8, 4) is 0 Å². The zero-order chi connectivity index (χ0) is 11.7. The van der Waals surface area contributed by atoms with Gasteiger partial charge in [-0.25, -0.2) is 0 Å². The van der Waals surface area contributed by atoms with Gasteiger partial charge in [0, 0.05) is 19.3 Å². The van der Waals surface area contributed by atoms with Crippen LogP contribution >= 0.6 is 0 Å². The maximum atomic E-state index is 5.89. The Balaban J connectivity index is 4.44. The summed E-state index contributed by atoms with van der Waals surface area (Å²) in [5, 5.41) is 3.05. The van der Waals surface area contributed by atoms with E-state index < -0.39 is 8.80 Å². The van der Waals surface area contributed by atoms with E-state index in [-0.39, 0.29) is 6.23 Å². The van der Waals surface area contributed by atoms with Crippen LogP contribution in [0.4, 0.5) is 0 Å². The molecule has 0 saturated carbocycles. The second-order valence-electron chi connectivity index (χ2n) is 3.35. The van der Waals surface area contributed by atoms with Crippen LogP contribution in [0.1, 0.15) is 34.1 Å². The molecule has 5 heteroatoms. The first kappa shape index (κ1) is 15.1. The highest BCUT2D eigenvalue weighted by Crippen LogP contribution is 2.19. The minimum Gasteiger partial charge on any atom is -0.374 e. The maximum Gasteiger partial charge on any atom is 0.502 e. The van der Waals surface area contributed by atoms with Crippen molar-refractivity contribution in [2.45, 2.75) is 46.4 Å². The number of hydrogen-bond acceptors (Lipinski definition) is 4. The molecule has 0 bridgehead atoms. The summed E-state index contributed by atoms with van der Waals surface area (Å²) in [7, 11) is -0.573. The molecule has 1 atom stereocenters. The lowest BCUT2D eigenvalue weighted by Crippen LogP contribution is -2.50. The SMILES string of the molecule is CCC[Si](OCC)(OCC)OC(C)NC. The first-order valence-corrected chi connectivity index (χ1v) is 7.70. The first-order valence-electron chi connectivity index (χ1n) is 5.77. The van der Waals surface area contributed by atoms with E-state index in [2.05, 4.69) is 12.2 Å². The minimum atomic E-state index is -2.44. The molecule has 0 aromatic carbocycles. The van der Waals surface area contributed by atoms with Gasteiger partial charge in [0.15, 0.2) is 0 Å². The zero-order valence-electron chi connectivity index (χ0n) is 10.6. The van der Waals surface area contributed by atoms with Crippen LogP contribution in [-0.4, -0.2) is 35.3 Å². The molecule has 0 fully saturated rings. The molecule has 0 spiro atoms. The van der Waals surface area contributed by atoms with Crippen LogP contribution in [0.15, 0.2) is 0 Å². The summed E-state index contributed by atoms with van der Waals surface area (Å²) in [6, 6.07) is 0.876. The summed E-state index contributed by atoms with van der Waals surface area (Å²) in [6.07, 6.45) is 0.990. The average molecular weight is 235 g/mol. The van der Waals surface area contributed by atoms with Crippen molar-refractivity contribution in [2.75, 3.05) is 20.3 Å². The molecule has 0 aliphatic carbocycles. The highest BCUT2D eigenvalue weighted by atomic mass is 28.4. The molecule has 0 heterocycles. The molecule has 0 rings (SSSR count). The van der Waals surface area contributed by atoms with E-state index >= 15 is 0 Å². The molecule has 0 aromatic rings. The van der Waals surface area contributed by atoms with E-state index in [1.165, 1.54) is 0 Å². The minimum absolute atomic E-state index is 0.0266. The monoisotopic (exact) mass is 235 g/mol. The van der Waals surface area contributed by atoms with Crippen molar-refractivity contribution in [3.63, 3.8) is 0 Å². The van der Waals surface area contributed by atoms with E-state index in [1.807, 2.05) is 27.8 Å². The third-order valence-electron chi connectivity index (χ3n) is 2.05. The first-order chi connectivity index (χ1) is 7.14. The van der Waals surface area contributed by atoms with Gasteiger partial charge < -0.3 is 13.3 Å². The fourth-order valence-electron chi connectivity index (χ4n) is 1.39. The van der Waals surface area contributed by atoms with Gasteiger partial charge >= 0.3 is 8.80 Å². The van der Waals surface area contributed by atoms with Crippen LogP contribution in [0, 0.1) is 0 Å². The van der Waals surface area contributed by atoms with Gasteiger partial charge in [-0.1, -0.05) is 13.3 Å². The Hall–Kier alpha value is 0.0569. The summed E-state index contributed by atoms with van der Waals surface area (Å²) >= 11 is 0. The third kappa shape index (κ3) is 5.63. The fourth-order valence-corrected chi connectivity index (χ4v) is 4.16. The molecule has 0 saturated heterocycles. The molecular weight excluding hydrogens is 210 g/mol. The number of rotatable bonds is 9. The zero-order valence-corrected chi connectivity index (χ0v) is 11.6. The molecular formula is C10H25NO3Si. The predicted molar refractivity (Wildman–Crippen MR) is 63.7 cm³/mol. The molecule has 0 amide bonds. The molecule has 0 aromatic heterocycles. The normalized spacial score (nSPS) is 14.2. The van der Waals surface area contributed by atoms with Crippen molar-refractivity contribution in [2.24, 2.45) is 0 Å². The molecule has 0 aliphatic rings. The van der Waals surface area contributed by atoms with Gasteiger partial charge in [-0.05, 0) is 27.8 Å².